The fourth-order valence-corrected chi connectivity index (χ4v) is 3.06. The average molecular weight is 276 g/mol. The Balaban J connectivity index is 2.52. The number of rotatable bonds is 7. The molecule has 1 N–H and O–H groups in total. The van der Waals surface area contributed by atoms with Crippen LogP contribution in [0.5, 0.6) is 0 Å². The quantitative estimate of drug-likeness (QED) is 0.777. The molecule has 0 unspecified atom stereocenters. The van der Waals surface area contributed by atoms with E-state index in [0.29, 0.717) is 17.1 Å². The van der Waals surface area contributed by atoms with Crippen molar-refractivity contribution in [1.29, 1.82) is 0 Å². The first-order chi connectivity index (χ1) is 8.05. The van der Waals surface area contributed by atoms with Gasteiger partial charge in [0.25, 0.3) is 0 Å². The Morgan fingerprint density at radius 3 is 2.59 bits per heavy atom. The highest BCUT2D eigenvalue weighted by Crippen LogP contribution is 2.17. The van der Waals surface area contributed by atoms with Crippen molar-refractivity contribution in [2.75, 3.05) is 18.8 Å². The summed E-state index contributed by atoms with van der Waals surface area (Å²) in [6.07, 6.45) is 1.00. The van der Waals surface area contributed by atoms with E-state index in [2.05, 4.69) is 5.32 Å². The first-order valence-electron chi connectivity index (χ1n) is 5.69. The number of sulfone groups is 1. The summed E-state index contributed by atoms with van der Waals surface area (Å²) < 4.78 is 23.6. The maximum absolute atomic E-state index is 11.8. The van der Waals surface area contributed by atoms with Crippen LogP contribution in [0.15, 0.2) is 24.3 Å². The molecule has 1 rings (SSSR count). The van der Waals surface area contributed by atoms with Crippen LogP contribution in [0.3, 0.4) is 0 Å². The lowest BCUT2D eigenvalue weighted by Crippen LogP contribution is -2.24. The monoisotopic (exact) mass is 275 g/mol. The lowest BCUT2D eigenvalue weighted by Gasteiger charge is -2.06. The molecule has 3 nitrogen and oxygen atoms in total. The maximum atomic E-state index is 11.8. The molecule has 0 atom stereocenters. The highest BCUT2D eigenvalue weighted by Gasteiger charge is 2.13. The Kier molecular flexibility index (Phi) is 5.95. The van der Waals surface area contributed by atoms with Gasteiger partial charge in [-0.15, -0.1) is 0 Å². The van der Waals surface area contributed by atoms with Crippen molar-refractivity contribution in [3.8, 4) is 0 Å². The number of hydrogen-bond donors (Lipinski definition) is 1. The molecule has 0 spiro atoms. The number of nitrogens with one attached hydrogen (secondary N) is 1. The van der Waals surface area contributed by atoms with Gasteiger partial charge in [-0.25, -0.2) is 8.42 Å². The molecule has 0 bridgehead atoms. The summed E-state index contributed by atoms with van der Waals surface area (Å²) in [7, 11) is -3.08. The smallest absolute Gasteiger partial charge is 0.155 e. The fourth-order valence-electron chi connectivity index (χ4n) is 1.45. The second kappa shape index (κ2) is 6.99. The molecule has 0 aromatic heterocycles. The number of halogens is 1. The molecular formula is C12H18ClNO2S. The van der Waals surface area contributed by atoms with E-state index in [-0.39, 0.29) is 11.5 Å². The van der Waals surface area contributed by atoms with Gasteiger partial charge in [0.05, 0.1) is 11.5 Å². The minimum Gasteiger partial charge on any atom is -0.316 e. The van der Waals surface area contributed by atoms with Gasteiger partial charge in [-0.05, 0) is 24.6 Å². The second-order valence-corrected chi connectivity index (χ2v) is 6.52. The molecule has 0 aliphatic heterocycles. The second-order valence-electron chi connectivity index (χ2n) is 3.93. The van der Waals surface area contributed by atoms with Gasteiger partial charge < -0.3 is 5.32 Å². The molecule has 0 saturated heterocycles. The van der Waals surface area contributed by atoms with Crippen molar-refractivity contribution in [3.63, 3.8) is 0 Å². The Labute approximate surface area is 108 Å². The van der Waals surface area contributed by atoms with E-state index in [1.165, 1.54) is 0 Å². The third kappa shape index (κ3) is 5.52. The van der Waals surface area contributed by atoms with Gasteiger partial charge in [0.15, 0.2) is 9.84 Å². The van der Waals surface area contributed by atoms with Crippen molar-refractivity contribution < 1.29 is 8.42 Å². The van der Waals surface area contributed by atoms with Crippen LogP contribution in [0, 0.1) is 0 Å². The van der Waals surface area contributed by atoms with E-state index in [9.17, 15) is 8.42 Å². The molecule has 17 heavy (non-hydrogen) atoms. The first kappa shape index (κ1) is 14.5. The predicted octanol–water partition coefficient (Wildman–Crippen LogP) is 2.25. The van der Waals surface area contributed by atoms with Crippen LogP contribution in [0.4, 0.5) is 0 Å². The summed E-state index contributed by atoms with van der Waals surface area (Å²) >= 11 is 5.93. The van der Waals surface area contributed by atoms with Gasteiger partial charge in [0, 0.05) is 11.6 Å². The number of benzene rings is 1. The zero-order chi connectivity index (χ0) is 12.7. The molecule has 0 amide bonds. The highest BCUT2D eigenvalue weighted by molar-refractivity contribution is 7.90. The van der Waals surface area contributed by atoms with E-state index < -0.39 is 9.84 Å². The summed E-state index contributed by atoms with van der Waals surface area (Å²) in [6.45, 7) is 3.40. The third-order valence-corrected chi connectivity index (χ3v) is 4.30. The fraction of sp³-hybridized carbons (Fsp3) is 0.500. The van der Waals surface area contributed by atoms with Crippen LogP contribution >= 0.6 is 11.6 Å². The van der Waals surface area contributed by atoms with Gasteiger partial charge >= 0.3 is 0 Å². The normalized spacial score (nSPS) is 11.6. The summed E-state index contributed by atoms with van der Waals surface area (Å²) in [5.41, 5.74) is 0.671. The molecular weight excluding hydrogens is 258 g/mol. The Hall–Kier alpha value is -0.580. The van der Waals surface area contributed by atoms with E-state index in [1.54, 1.807) is 24.3 Å². The SMILES string of the molecule is CCCNCCS(=O)(=O)Cc1ccccc1Cl. The molecule has 0 saturated carbocycles. The zero-order valence-electron chi connectivity index (χ0n) is 9.95. The lowest BCUT2D eigenvalue weighted by atomic mass is 10.2. The van der Waals surface area contributed by atoms with Crippen LogP contribution in [0.2, 0.25) is 5.02 Å². The van der Waals surface area contributed by atoms with Gasteiger partial charge in [0.1, 0.15) is 0 Å². The molecule has 1 aromatic carbocycles. The molecule has 1 aromatic rings. The van der Waals surface area contributed by atoms with Crippen LogP contribution in [-0.4, -0.2) is 27.3 Å². The zero-order valence-corrected chi connectivity index (χ0v) is 11.5. The largest absolute Gasteiger partial charge is 0.316 e. The topological polar surface area (TPSA) is 46.2 Å². The minimum absolute atomic E-state index is 0.0144. The predicted molar refractivity (Wildman–Crippen MR) is 72.1 cm³/mol. The summed E-state index contributed by atoms with van der Waals surface area (Å²) in [5, 5.41) is 3.59. The van der Waals surface area contributed by atoms with Crippen molar-refractivity contribution in [1.82, 2.24) is 5.32 Å². The molecule has 0 aliphatic carbocycles. The first-order valence-corrected chi connectivity index (χ1v) is 7.89. The van der Waals surface area contributed by atoms with Crippen LogP contribution in [0.25, 0.3) is 0 Å². The van der Waals surface area contributed by atoms with Crippen molar-refractivity contribution in [3.05, 3.63) is 34.9 Å². The minimum atomic E-state index is -3.08. The Bertz CT molecular complexity index is 446. The Morgan fingerprint density at radius 1 is 1.24 bits per heavy atom. The molecule has 0 radical (unpaired) electrons. The highest BCUT2D eigenvalue weighted by atomic mass is 35.5. The van der Waals surface area contributed by atoms with Crippen molar-refractivity contribution in [2.24, 2.45) is 0 Å². The van der Waals surface area contributed by atoms with Crippen LogP contribution in [-0.2, 0) is 15.6 Å². The van der Waals surface area contributed by atoms with Crippen molar-refractivity contribution in [2.45, 2.75) is 19.1 Å². The molecule has 0 fully saturated rings. The van der Waals surface area contributed by atoms with E-state index in [1.807, 2.05) is 6.92 Å². The van der Waals surface area contributed by atoms with Crippen LogP contribution in [0.1, 0.15) is 18.9 Å². The summed E-state index contributed by atoms with van der Waals surface area (Å²) in [6, 6.07) is 7.05. The maximum Gasteiger partial charge on any atom is 0.155 e. The standard InChI is InChI=1S/C12H18ClNO2S/c1-2-7-14-8-9-17(15,16)10-11-5-3-4-6-12(11)13/h3-6,14H,2,7-10H2,1H3. The lowest BCUT2D eigenvalue weighted by molar-refractivity contribution is 0.589. The van der Waals surface area contributed by atoms with Gasteiger partial charge in [-0.3, -0.25) is 0 Å². The van der Waals surface area contributed by atoms with Crippen molar-refractivity contribution >= 4 is 21.4 Å². The van der Waals surface area contributed by atoms with E-state index >= 15 is 0 Å². The molecule has 5 heteroatoms. The average Bonchev–Trinajstić information content (AvgIpc) is 2.28. The molecule has 96 valence electrons. The van der Waals surface area contributed by atoms with Gasteiger partial charge in [-0.2, -0.15) is 0 Å². The van der Waals surface area contributed by atoms with E-state index in [4.69, 9.17) is 11.6 Å². The Morgan fingerprint density at radius 2 is 1.94 bits per heavy atom. The van der Waals surface area contributed by atoms with Gasteiger partial charge in [0.2, 0.25) is 0 Å². The summed E-state index contributed by atoms with van der Waals surface area (Å²) in [5.74, 6) is 0.165. The third-order valence-electron chi connectivity index (χ3n) is 2.35. The van der Waals surface area contributed by atoms with Crippen LogP contribution < -0.4 is 5.32 Å². The summed E-state index contributed by atoms with van der Waals surface area (Å²) in [4.78, 5) is 0. The molecule has 0 aliphatic rings. The molecule has 0 heterocycles. The van der Waals surface area contributed by atoms with Gasteiger partial charge in [-0.1, -0.05) is 36.7 Å². The number of hydrogen-bond acceptors (Lipinski definition) is 3. The van der Waals surface area contributed by atoms with E-state index in [0.717, 1.165) is 13.0 Å².